The second kappa shape index (κ2) is 6.46. The molecule has 6 nitrogen and oxygen atoms in total. The second-order valence-corrected chi connectivity index (χ2v) is 6.24. The van der Waals surface area contributed by atoms with Crippen molar-refractivity contribution < 1.29 is 9.59 Å². The van der Waals surface area contributed by atoms with Gasteiger partial charge in [-0.2, -0.15) is 5.26 Å². The molecule has 1 saturated heterocycles. The van der Waals surface area contributed by atoms with Gasteiger partial charge in [0.1, 0.15) is 12.1 Å². The summed E-state index contributed by atoms with van der Waals surface area (Å²) in [7, 11) is 0. The van der Waals surface area contributed by atoms with Gasteiger partial charge < -0.3 is 4.57 Å². The molecular formula is C21H16N4O2. The van der Waals surface area contributed by atoms with Gasteiger partial charge in [0.2, 0.25) is 0 Å². The number of nitrogens with one attached hydrogen (secondary N) is 1. The summed E-state index contributed by atoms with van der Waals surface area (Å²) in [5.41, 5.74) is 5.79. The van der Waals surface area contributed by atoms with Crippen LogP contribution < -0.4 is 10.4 Å². The highest BCUT2D eigenvalue weighted by Gasteiger charge is 2.34. The number of aromatic nitrogens is 1. The van der Waals surface area contributed by atoms with Gasteiger partial charge in [0.05, 0.1) is 11.8 Å². The van der Waals surface area contributed by atoms with Crippen LogP contribution in [0.2, 0.25) is 0 Å². The number of benzene rings is 2. The maximum atomic E-state index is 12.8. The van der Waals surface area contributed by atoms with Crippen molar-refractivity contribution in [3.8, 4) is 6.07 Å². The third kappa shape index (κ3) is 2.66. The number of amides is 2. The van der Waals surface area contributed by atoms with Gasteiger partial charge >= 0.3 is 0 Å². The van der Waals surface area contributed by atoms with Gasteiger partial charge in [0.25, 0.3) is 11.8 Å². The monoisotopic (exact) mass is 356 g/mol. The molecule has 0 spiro atoms. The Hall–Kier alpha value is -3.85. The first kappa shape index (κ1) is 16.6. The molecule has 4 rings (SSSR count). The van der Waals surface area contributed by atoms with Crippen molar-refractivity contribution in [2.75, 3.05) is 5.01 Å². The Balaban J connectivity index is 1.83. The van der Waals surface area contributed by atoms with E-state index in [9.17, 15) is 9.59 Å². The van der Waals surface area contributed by atoms with Gasteiger partial charge in [-0.3, -0.25) is 15.0 Å². The third-order valence-corrected chi connectivity index (χ3v) is 4.70. The molecule has 0 radical (unpaired) electrons. The van der Waals surface area contributed by atoms with Crippen LogP contribution in [0.5, 0.6) is 0 Å². The third-order valence-electron chi connectivity index (χ3n) is 4.70. The lowest BCUT2D eigenvalue weighted by Crippen LogP contribution is -2.35. The predicted molar refractivity (Wildman–Crippen MR) is 102 cm³/mol. The standard InChI is InChI=1S/C21H16N4O2/c1-14-17(16-9-5-6-10-19(16)24(14)12-11-22)13-18-20(26)23-25(21(18)27)15-7-3-2-4-8-15/h2-10,13H,12H2,1H3,(H,23,26)/b18-13-. The number of carbonyl (C=O) groups is 2. The molecule has 1 fully saturated rings. The molecule has 1 aliphatic heterocycles. The van der Waals surface area contributed by atoms with E-state index in [2.05, 4.69) is 11.5 Å². The summed E-state index contributed by atoms with van der Waals surface area (Å²) in [5.74, 6) is -0.844. The summed E-state index contributed by atoms with van der Waals surface area (Å²) in [6.07, 6.45) is 1.62. The first-order chi connectivity index (χ1) is 13.1. The first-order valence-electron chi connectivity index (χ1n) is 8.49. The van der Waals surface area contributed by atoms with Gasteiger partial charge in [-0.15, -0.1) is 0 Å². The van der Waals surface area contributed by atoms with Crippen LogP contribution in [0.3, 0.4) is 0 Å². The van der Waals surface area contributed by atoms with Crippen LogP contribution in [0.25, 0.3) is 17.0 Å². The number of para-hydroxylation sites is 2. The number of carbonyl (C=O) groups excluding carboxylic acids is 2. The maximum Gasteiger partial charge on any atom is 0.282 e. The van der Waals surface area contributed by atoms with Crippen molar-refractivity contribution in [1.29, 1.82) is 5.26 Å². The molecule has 0 unspecified atom stereocenters. The first-order valence-corrected chi connectivity index (χ1v) is 8.49. The summed E-state index contributed by atoms with van der Waals surface area (Å²) in [6.45, 7) is 2.09. The van der Waals surface area contributed by atoms with Crippen molar-refractivity contribution >= 4 is 34.5 Å². The molecule has 0 aliphatic carbocycles. The van der Waals surface area contributed by atoms with Crippen LogP contribution >= 0.6 is 0 Å². The average Bonchev–Trinajstić information content (AvgIpc) is 3.12. The number of hydrazine groups is 1. The zero-order chi connectivity index (χ0) is 19.0. The topological polar surface area (TPSA) is 78.1 Å². The largest absolute Gasteiger partial charge is 0.330 e. The molecule has 0 bridgehead atoms. The fraction of sp³-hybridized carbons (Fsp3) is 0.0952. The quantitative estimate of drug-likeness (QED) is 0.579. The maximum absolute atomic E-state index is 12.8. The van der Waals surface area contributed by atoms with Crippen molar-refractivity contribution in [1.82, 2.24) is 9.99 Å². The summed E-state index contributed by atoms with van der Waals surface area (Å²) >= 11 is 0. The highest BCUT2D eigenvalue weighted by atomic mass is 16.2. The van der Waals surface area contributed by atoms with E-state index >= 15 is 0 Å². The number of nitriles is 1. The average molecular weight is 356 g/mol. The van der Waals surface area contributed by atoms with Gasteiger partial charge in [-0.25, -0.2) is 5.01 Å². The van der Waals surface area contributed by atoms with E-state index in [1.807, 2.05) is 41.8 Å². The van der Waals surface area contributed by atoms with E-state index in [4.69, 9.17) is 5.26 Å². The highest BCUT2D eigenvalue weighted by molar-refractivity contribution is 6.32. The Morgan fingerprint density at radius 1 is 1.07 bits per heavy atom. The van der Waals surface area contributed by atoms with E-state index in [-0.39, 0.29) is 12.1 Å². The lowest BCUT2D eigenvalue weighted by atomic mass is 10.1. The summed E-state index contributed by atoms with van der Waals surface area (Å²) in [6, 6.07) is 18.8. The Morgan fingerprint density at radius 2 is 1.78 bits per heavy atom. The molecule has 2 aromatic carbocycles. The zero-order valence-corrected chi connectivity index (χ0v) is 14.6. The SMILES string of the molecule is Cc1c(/C=C2/C(=O)NN(c3ccccc3)C2=O)c2ccccc2n1CC#N. The van der Waals surface area contributed by atoms with Gasteiger partial charge in [-0.05, 0) is 31.2 Å². The van der Waals surface area contributed by atoms with Crippen molar-refractivity contribution in [3.63, 3.8) is 0 Å². The molecular weight excluding hydrogens is 340 g/mol. The number of anilines is 1. The Labute approximate surface area is 155 Å². The fourth-order valence-corrected chi connectivity index (χ4v) is 3.38. The van der Waals surface area contributed by atoms with E-state index in [0.29, 0.717) is 5.69 Å². The highest BCUT2D eigenvalue weighted by Crippen LogP contribution is 2.29. The van der Waals surface area contributed by atoms with Gasteiger partial charge in [-0.1, -0.05) is 36.4 Å². The van der Waals surface area contributed by atoms with Crippen molar-refractivity contribution in [3.05, 3.63) is 71.4 Å². The molecule has 132 valence electrons. The smallest absolute Gasteiger partial charge is 0.282 e. The number of rotatable bonds is 3. The molecule has 1 N–H and O–H groups in total. The van der Waals surface area contributed by atoms with E-state index in [1.54, 1.807) is 30.3 Å². The Bertz CT molecular complexity index is 1140. The van der Waals surface area contributed by atoms with Crippen LogP contribution in [0.1, 0.15) is 11.3 Å². The number of fused-ring (bicyclic) bond motifs is 1. The summed E-state index contributed by atoms with van der Waals surface area (Å²) in [5, 5.41) is 11.3. The molecule has 27 heavy (non-hydrogen) atoms. The lowest BCUT2D eigenvalue weighted by molar-refractivity contribution is -0.117. The minimum atomic E-state index is -0.444. The molecule has 0 saturated carbocycles. The number of hydrogen-bond acceptors (Lipinski definition) is 3. The van der Waals surface area contributed by atoms with Crippen LogP contribution in [0.15, 0.2) is 60.2 Å². The fourth-order valence-electron chi connectivity index (χ4n) is 3.38. The molecule has 0 atom stereocenters. The van der Waals surface area contributed by atoms with Crippen LogP contribution in [0.4, 0.5) is 5.69 Å². The molecule has 2 heterocycles. The van der Waals surface area contributed by atoms with Gasteiger partial charge in [0, 0.05) is 22.2 Å². The second-order valence-electron chi connectivity index (χ2n) is 6.24. The number of nitrogens with zero attached hydrogens (tertiary/aromatic N) is 3. The Kier molecular flexibility index (Phi) is 3.98. The van der Waals surface area contributed by atoms with Crippen LogP contribution in [-0.4, -0.2) is 16.4 Å². The lowest BCUT2D eigenvalue weighted by Gasteiger charge is -2.13. The number of hydrogen-bond donors (Lipinski definition) is 1. The van der Waals surface area contributed by atoms with Crippen LogP contribution in [0, 0.1) is 18.3 Å². The molecule has 1 aliphatic rings. The summed E-state index contributed by atoms with van der Waals surface area (Å²) in [4.78, 5) is 25.3. The normalized spacial score (nSPS) is 15.4. The minimum absolute atomic E-state index is 0.0711. The molecule has 1 aromatic heterocycles. The summed E-state index contributed by atoms with van der Waals surface area (Å²) < 4.78 is 1.88. The predicted octanol–water partition coefficient (Wildman–Crippen LogP) is 2.93. The molecule has 2 amide bonds. The molecule has 3 aromatic rings. The van der Waals surface area contributed by atoms with E-state index in [1.165, 1.54) is 5.01 Å². The van der Waals surface area contributed by atoms with Crippen LogP contribution in [-0.2, 0) is 16.1 Å². The van der Waals surface area contributed by atoms with E-state index < -0.39 is 11.8 Å². The minimum Gasteiger partial charge on any atom is -0.330 e. The Morgan fingerprint density at radius 3 is 2.52 bits per heavy atom. The van der Waals surface area contributed by atoms with E-state index in [0.717, 1.165) is 22.2 Å². The zero-order valence-electron chi connectivity index (χ0n) is 14.6. The van der Waals surface area contributed by atoms with Crippen molar-refractivity contribution in [2.45, 2.75) is 13.5 Å². The molecule has 6 heteroatoms. The van der Waals surface area contributed by atoms with Gasteiger partial charge in [0.15, 0.2) is 0 Å². The van der Waals surface area contributed by atoms with Crippen molar-refractivity contribution in [2.24, 2.45) is 0 Å².